The molecule has 0 amide bonds. The summed E-state index contributed by atoms with van der Waals surface area (Å²) < 4.78 is 6.29. The van der Waals surface area contributed by atoms with Gasteiger partial charge in [0.1, 0.15) is 13.1 Å². The lowest BCUT2D eigenvalue weighted by molar-refractivity contribution is -0.928. The molecule has 0 aliphatic carbocycles. The maximum atomic E-state index is 9.04. The maximum Gasteiger partial charge on any atom is 0.183 e. The van der Waals surface area contributed by atoms with Gasteiger partial charge in [-0.1, -0.05) is 51.9 Å². The Morgan fingerprint density at radius 3 is 1.80 bits per heavy atom. The molecular formula is C16H36NO3+. The highest BCUT2D eigenvalue weighted by Gasteiger charge is 2.19. The van der Waals surface area contributed by atoms with E-state index in [1.807, 2.05) is 7.05 Å². The van der Waals surface area contributed by atoms with Gasteiger partial charge in [-0.25, -0.2) is 0 Å². The number of likely N-dealkylation sites (N-methyl/N-ethyl adjacent to an activating group) is 1. The monoisotopic (exact) mass is 290 g/mol. The number of ether oxygens (including phenoxy) is 1. The Kier molecular flexibility index (Phi) is 13.7. The highest BCUT2D eigenvalue weighted by Crippen LogP contribution is 2.09. The molecule has 2 N–H and O–H groups in total. The van der Waals surface area contributed by atoms with Gasteiger partial charge in [-0.2, -0.15) is 0 Å². The van der Waals surface area contributed by atoms with E-state index in [-0.39, 0.29) is 13.2 Å². The molecule has 4 nitrogen and oxygen atoms in total. The van der Waals surface area contributed by atoms with Gasteiger partial charge in [-0.15, -0.1) is 0 Å². The van der Waals surface area contributed by atoms with E-state index in [9.17, 15) is 0 Å². The highest BCUT2D eigenvalue weighted by molar-refractivity contribution is 4.45. The minimum absolute atomic E-state index is 0.137. The van der Waals surface area contributed by atoms with Crippen molar-refractivity contribution in [1.82, 2.24) is 0 Å². The highest BCUT2D eigenvalue weighted by atomic mass is 16.5. The Bertz CT molecular complexity index is 194. The van der Waals surface area contributed by atoms with Gasteiger partial charge in [0.25, 0.3) is 0 Å². The topological polar surface area (TPSA) is 49.7 Å². The van der Waals surface area contributed by atoms with E-state index in [4.69, 9.17) is 14.9 Å². The first kappa shape index (κ1) is 19.8. The van der Waals surface area contributed by atoms with Crippen molar-refractivity contribution in [2.24, 2.45) is 0 Å². The lowest BCUT2D eigenvalue weighted by Crippen LogP contribution is -2.49. The van der Waals surface area contributed by atoms with Gasteiger partial charge in [0.05, 0.1) is 26.9 Å². The molecule has 0 heterocycles. The largest absolute Gasteiger partial charge is 0.391 e. The van der Waals surface area contributed by atoms with Gasteiger partial charge in [0.15, 0.2) is 6.73 Å². The Labute approximate surface area is 125 Å². The van der Waals surface area contributed by atoms with Crippen LogP contribution in [-0.2, 0) is 4.74 Å². The summed E-state index contributed by atoms with van der Waals surface area (Å²) in [5, 5.41) is 18.1. The SMILES string of the molecule is CCCCCCCCCCOC[N+](C)(CCO)CCO. The van der Waals surface area contributed by atoms with Gasteiger partial charge in [0.2, 0.25) is 0 Å². The quantitative estimate of drug-likeness (QED) is 0.277. The zero-order valence-corrected chi connectivity index (χ0v) is 13.6. The summed E-state index contributed by atoms with van der Waals surface area (Å²) in [5.74, 6) is 0. The molecule has 0 aromatic carbocycles. The number of hydrogen-bond donors (Lipinski definition) is 2. The van der Waals surface area contributed by atoms with Crippen LogP contribution in [0.4, 0.5) is 0 Å². The Balaban J connectivity index is 3.41. The van der Waals surface area contributed by atoms with Crippen molar-refractivity contribution in [2.75, 3.05) is 46.7 Å². The van der Waals surface area contributed by atoms with E-state index in [1.54, 1.807) is 0 Å². The first-order chi connectivity index (χ1) is 9.68. The second kappa shape index (κ2) is 13.8. The summed E-state index contributed by atoms with van der Waals surface area (Å²) in [4.78, 5) is 0. The first-order valence-electron chi connectivity index (χ1n) is 8.31. The molecule has 0 aromatic heterocycles. The summed E-state index contributed by atoms with van der Waals surface area (Å²) in [6.07, 6.45) is 10.5. The molecule has 0 aliphatic heterocycles. The van der Waals surface area contributed by atoms with Crippen LogP contribution in [0.3, 0.4) is 0 Å². The fourth-order valence-corrected chi connectivity index (χ4v) is 2.35. The van der Waals surface area contributed by atoms with Crippen molar-refractivity contribution in [3.8, 4) is 0 Å². The van der Waals surface area contributed by atoms with Gasteiger partial charge >= 0.3 is 0 Å². The van der Waals surface area contributed by atoms with Crippen LogP contribution >= 0.6 is 0 Å². The minimum Gasteiger partial charge on any atom is -0.391 e. The van der Waals surface area contributed by atoms with Crippen LogP contribution in [-0.4, -0.2) is 61.4 Å². The van der Waals surface area contributed by atoms with Crippen molar-refractivity contribution >= 4 is 0 Å². The summed E-state index contributed by atoms with van der Waals surface area (Å²) in [7, 11) is 2.01. The second-order valence-electron chi connectivity index (χ2n) is 6.03. The molecule has 0 radical (unpaired) electrons. The van der Waals surface area contributed by atoms with Crippen molar-refractivity contribution in [3.63, 3.8) is 0 Å². The van der Waals surface area contributed by atoms with Gasteiger partial charge in [-0.3, -0.25) is 4.48 Å². The molecule has 122 valence electrons. The molecule has 0 saturated heterocycles. The predicted molar refractivity (Wildman–Crippen MR) is 83.5 cm³/mol. The van der Waals surface area contributed by atoms with Crippen LogP contribution in [0.15, 0.2) is 0 Å². The van der Waals surface area contributed by atoms with Crippen LogP contribution < -0.4 is 0 Å². The average Bonchev–Trinajstić information content (AvgIpc) is 2.41. The summed E-state index contributed by atoms with van der Waals surface area (Å²) in [6.45, 7) is 5.17. The number of aliphatic hydroxyl groups excluding tert-OH is 2. The Morgan fingerprint density at radius 2 is 1.30 bits per heavy atom. The Morgan fingerprint density at radius 1 is 0.800 bits per heavy atom. The van der Waals surface area contributed by atoms with Gasteiger partial charge in [0, 0.05) is 0 Å². The minimum atomic E-state index is 0.137. The first-order valence-corrected chi connectivity index (χ1v) is 8.31. The molecule has 0 bridgehead atoms. The van der Waals surface area contributed by atoms with Crippen molar-refractivity contribution in [3.05, 3.63) is 0 Å². The molecule has 0 saturated carbocycles. The smallest absolute Gasteiger partial charge is 0.183 e. The summed E-state index contributed by atoms with van der Waals surface area (Å²) >= 11 is 0. The molecule has 0 aromatic rings. The van der Waals surface area contributed by atoms with E-state index in [1.165, 1.54) is 44.9 Å². The lowest BCUT2D eigenvalue weighted by Gasteiger charge is -2.32. The van der Waals surface area contributed by atoms with Crippen LogP contribution in [0.5, 0.6) is 0 Å². The zero-order chi connectivity index (χ0) is 15.1. The van der Waals surface area contributed by atoms with E-state index < -0.39 is 0 Å². The molecule has 0 unspecified atom stereocenters. The normalized spacial score (nSPS) is 12.0. The third kappa shape index (κ3) is 11.6. The molecule has 0 fully saturated rings. The van der Waals surface area contributed by atoms with E-state index in [0.717, 1.165) is 13.0 Å². The van der Waals surface area contributed by atoms with Crippen LogP contribution in [0.25, 0.3) is 0 Å². The fraction of sp³-hybridized carbons (Fsp3) is 1.00. The third-order valence-electron chi connectivity index (χ3n) is 3.82. The number of quaternary nitrogens is 1. The Hall–Kier alpha value is -0.160. The van der Waals surface area contributed by atoms with Crippen LogP contribution in [0.2, 0.25) is 0 Å². The number of nitrogens with zero attached hydrogens (tertiary/aromatic N) is 1. The van der Waals surface area contributed by atoms with Gasteiger partial charge in [-0.05, 0) is 6.42 Å². The van der Waals surface area contributed by atoms with Crippen LogP contribution in [0.1, 0.15) is 58.3 Å². The average molecular weight is 290 g/mol. The van der Waals surface area contributed by atoms with Crippen molar-refractivity contribution < 1.29 is 19.4 Å². The number of hydrogen-bond acceptors (Lipinski definition) is 3. The van der Waals surface area contributed by atoms with E-state index in [2.05, 4.69) is 6.92 Å². The van der Waals surface area contributed by atoms with E-state index >= 15 is 0 Å². The number of aliphatic hydroxyl groups is 2. The molecule has 0 rings (SSSR count). The molecule has 4 heteroatoms. The second-order valence-corrected chi connectivity index (χ2v) is 6.03. The van der Waals surface area contributed by atoms with Crippen LogP contribution in [0, 0.1) is 0 Å². The molecule has 20 heavy (non-hydrogen) atoms. The molecule has 0 spiro atoms. The molecule has 0 aliphatic rings. The zero-order valence-electron chi connectivity index (χ0n) is 13.6. The summed E-state index contributed by atoms with van der Waals surface area (Å²) in [6, 6.07) is 0. The van der Waals surface area contributed by atoms with Crippen molar-refractivity contribution in [2.45, 2.75) is 58.3 Å². The summed E-state index contributed by atoms with van der Waals surface area (Å²) in [5.41, 5.74) is 0. The number of unbranched alkanes of at least 4 members (excludes halogenated alkanes) is 7. The molecule has 0 atom stereocenters. The van der Waals surface area contributed by atoms with Gasteiger partial charge < -0.3 is 14.9 Å². The standard InChI is InChI=1S/C16H36NO3/c1-3-4-5-6-7-8-9-10-15-20-16-17(2,11-13-18)12-14-19/h18-19H,3-16H2,1-2H3/q+1. The third-order valence-corrected chi connectivity index (χ3v) is 3.82. The fourth-order valence-electron chi connectivity index (χ4n) is 2.35. The maximum absolute atomic E-state index is 9.04. The van der Waals surface area contributed by atoms with Crippen molar-refractivity contribution in [1.29, 1.82) is 0 Å². The predicted octanol–water partition coefficient (Wildman–Crippen LogP) is 2.53. The molecular weight excluding hydrogens is 254 g/mol. The van der Waals surface area contributed by atoms with E-state index in [0.29, 0.717) is 24.3 Å². The lowest BCUT2D eigenvalue weighted by atomic mass is 10.1. The number of rotatable bonds is 15.